The van der Waals surface area contributed by atoms with E-state index >= 15 is 0 Å². The fourth-order valence-corrected chi connectivity index (χ4v) is 5.06. The van der Waals surface area contributed by atoms with Gasteiger partial charge >= 0.3 is 0 Å². The highest BCUT2D eigenvalue weighted by atomic mass is 35.5. The van der Waals surface area contributed by atoms with Crippen molar-refractivity contribution < 1.29 is 14.7 Å². The first-order valence-corrected chi connectivity index (χ1v) is 12.1. The number of halogens is 1. The molecule has 0 unspecified atom stereocenters. The van der Waals surface area contributed by atoms with Crippen LogP contribution in [-0.2, 0) is 11.3 Å². The quantitative estimate of drug-likeness (QED) is 0.296. The highest BCUT2D eigenvalue weighted by molar-refractivity contribution is 7.19. The van der Waals surface area contributed by atoms with Crippen LogP contribution in [0.3, 0.4) is 0 Å². The van der Waals surface area contributed by atoms with Crippen molar-refractivity contribution in [1.82, 2.24) is 25.4 Å². The van der Waals surface area contributed by atoms with Gasteiger partial charge in [-0.2, -0.15) is 0 Å². The zero-order valence-corrected chi connectivity index (χ0v) is 20.4. The maximum Gasteiger partial charge on any atom is 0.277 e. The topological polar surface area (TPSA) is 117 Å². The van der Waals surface area contributed by atoms with E-state index in [9.17, 15) is 4.79 Å². The summed E-state index contributed by atoms with van der Waals surface area (Å²) < 4.78 is 6.56. The Morgan fingerprint density at radius 2 is 1.91 bits per heavy atom. The van der Waals surface area contributed by atoms with Crippen molar-refractivity contribution >= 4 is 50.8 Å². The van der Waals surface area contributed by atoms with Gasteiger partial charge in [0, 0.05) is 48.0 Å². The molecule has 0 radical (unpaired) electrons. The molecule has 0 atom stereocenters. The molecule has 0 spiro atoms. The Morgan fingerprint density at radius 1 is 1.20 bits per heavy atom. The molecule has 1 aromatic carbocycles. The molecule has 0 aliphatic carbocycles. The van der Waals surface area contributed by atoms with E-state index in [2.05, 4.69) is 20.9 Å². The molecule has 3 aromatic heterocycles. The van der Waals surface area contributed by atoms with Crippen LogP contribution in [-0.4, -0.2) is 64.4 Å². The van der Waals surface area contributed by atoms with Gasteiger partial charge in [-0.1, -0.05) is 11.6 Å². The van der Waals surface area contributed by atoms with E-state index in [4.69, 9.17) is 31.5 Å². The molecule has 2 N–H and O–H groups in total. The van der Waals surface area contributed by atoms with Crippen molar-refractivity contribution in [3.8, 4) is 11.4 Å². The maximum absolute atomic E-state index is 11.5. The molecule has 1 aliphatic rings. The SMILES string of the molecule is CN(Cc1cc2nc(-c3ccc(Cl)cc3)nc(N3CCOCC3)c2s1)c1ncc(C(=O)NO)cn1. The summed E-state index contributed by atoms with van der Waals surface area (Å²) in [7, 11) is 1.87. The third kappa shape index (κ3) is 5.03. The maximum atomic E-state index is 11.5. The second-order valence-corrected chi connectivity index (χ2v) is 9.55. The number of nitrogens with one attached hydrogen (secondary N) is 1. The summed E-state index contributed by atoms with van der Waals surface area (Å²) in [5.41, 5.74) is 3.52. The van der Waals surface area contributed by atoms with Gasteiger partial charge in [0.2, 0.25) is 5.95 Å². The number of benzene rings is 1. The fourth-order valence-electron chi connectivity index (χ4n) is 3.76. The van der Waals surface area contributed by atoms with E-state index in [1.54, 1.807) is 16.8 Å². The van der Waals surface area contributed by atoms with Crippen LogP contribution in [0.1, 0.15) is 15.2 Å². The normalized spacial score (nSPS) is 13.7. The Hall–Kier alpha value is -3.38. The predicted octanol–water partition coefficient (Wildman–Crippen LogP) is 3.39. The number of nitrogens with zero attached hydrogens (tertiary/aromatic N) is 6. The first-order valence-electron chi connectivity index (χ1n) is 10.9. The number of carbonyl (C=O) groups excluding carboxylic acids is 1. The Balaban J connectivity index is 1.47. The van der Waals surface area contributed by atoms with Crippen molar-refractivity contribution in [1.29, 1.82) is 0 Å². The number of amides is 1. The number of aromatic nitrogens is 4. The van der Waals surface area contributed by atoms with Gasteiger partial charge in [0.25, 0.3) is 5.91 Å². The van der Waals surface area contributed by atoms with Gasteiger partial charge in [-0.3, -0.25) is 10.0 Å². The monoisotopic (exact) mass is 511 g/mol. The second kappa shape index (κ2) is 10.1. The number of hydroxylamine groups is 1. The number of ether oxygens (including phenoxy) is 1. The minimum absolute atomic E-state index is 0.173. The van der Waals surface area contributed by atoms with Crippen LogP contribution >= 0.6 is 22.9 Å². The second-order valence-electron chi connectivity index (χ2n) is 7.97. The van der Waals surface area contributed by atoms with Gasteiger partial charge < -0.3 is 14.5 Å². The van der Waals surface area contributed by atoms with Crippen LogP contribution in [0.4, 0.5) is 11.8 Å². The van der Waals surface area contributed by atoms with Crippen LogP contribution < -0.4 is 15.3 Å². The van der Waals surface area contributed by atoms with Gasteiger partial charge in [-0.25, -0.2) is 25.4 Å². The zero-order valence-electron chi connectivity index (χ0n) is 18.8. The molecule has 5 rings (SSSR count). The van der Waals surface area contributed by atoms with Crippen LogP contribution in [0.2, 0.25) is 5.02 Å². The summed E-state index contributed by atoms with van der Waals surface area (Å²) >= 11 is 7.71. The van der Waals surface area contributed by atoms with Crippen LogP contribution in [0.5, 0.6) is 0 Å². The average Bonchev–Trinajstić information content (AvgIpc) is 3.31. The molecule has 1 fully saturated rings. The molecule has 1 amide bonds. The fraction of sp³-hybridized carbons (Fsp3) is 0.261. The number of fused-ring (bicyclic) bond motifs is 1. The average molecular weight is 512 g/mol. The lowest BCUT2D eigenvalue weighted by Crippen LogP contribution is -2.36. The molecule has 0 saturated carbocycles. The largest absolute Gasteiger partial charge is 0.378 e. The van der Waals surface area contributed by atoms with Gasteiger partial charge in [0.1, 0.15) is 0 Å². The Labute approximate surface area is 210 Å². The summed E-state index contributed by atoms with van der Waals surface area (Å²) in [6.07, 6.45) is 2.74. The van der Waals surface area contributed by atoms with Crippen LogP contribution in [0.25, 0.3) is 21.6 Å². The number of thiophene rings is 1. The van der Waals surface area contributed by atoms with E-state index < -0.39 is 5.91 Å². The third-order valence-electron chi connectivity index (χ3n) is 5.55. The summed E-state index contributed by atoms with van der Waals surface area (Å²) in [4.78, 5) is 35.0. The smallest absolute Gasteiger partial charge is 0.277 e. The first-order chi connectivity index (χ1) is 17.0. The lowest BCUT2D eigenvalue weighted by Gasteiger charge is -2.28. The van der Waals surface area contributed by atoms with Crippen molar-refractivity contribution in [2.24, 2.45) is 0 Å². The number of carbonyl (C=O) groups is 1. The predicted molar refractivity (Wildman–Crippen MR) is 134 cm³/mol. The van der Waals surface area contributed by atoms with Gasteiger partial charge in [0.05, 0.1) is 35.5 Å². The Morgan fingerprint density at radius 3 is 2.60 bits per heavy atom. The van der Waals surface area contributed by atoms with Crippen LogP contribution in [0.15, 0.2) is 42.7 Å². The molecule has 1 saturated heterocycles. The summed E-state index contributed by atoms with van der Waals surface area (Å²) in [6, 6.07) is 9.58. The Bertz CT molecular complexity index is 1340. The number of hydrogen-bond donors (Lipinski definition) is 2. The standard InChI is InChI=1S/C23H22ClN7O3S/c1-30(23-25-11-15(12-26-23)22(32)29-33)13-17-10-18-19(35-17)21(31-6-8-34-9-7-31)28-20(27-18)14-2-4-16(24)5-3-14/h2-5,10-12,33H,6-9,13H2,1H3,(H,29,32). The minimum atomic E-state index is -0.658. The molecular formula is C23H22ClN7O3S. The molecule has 10 nitrogen and oxygen atoms in total. The van der Waals surface area contributed by atoms with E-state index in [0.29, 0.717) is 36.6 Å². The number of rotatable bonds is 6. The summed E-state index contributed by atoms with van der Waals surface area (Å²) in [6.45, 7) is 3.39. The minimum Gasteiger partial charge on any atom is -0.378 e. The van der Waals surface area contributed by atoms with Gasteiger partial charge in [-0.15, -0.1) is 11.3 Å². The third-order valence-corrected chi connectivity index (χ3v) is 6.91. The van der Waals surface area contributed by atoms with Gasteiger partial charge in [0.15, 0.2) is 11.6 Å². The molecule has 1 aliphatic heterocycles. The highest BCUT2D eigenvalue weighted by Gasteiger charge is 2.21. The summed E-state index contributed by atoms with van der Waals surface area (Å²) in [5, 5.41) is 9.42. The molecular weight excluding hydrogens is 490 g/mol. The molecule has 180 valence electrons. The lowest BCUT2D eigenvalue weighted by molar-refractivity contribution is 0.0705. The van der Waals surface area contributed by atoms with Crippen molar-refractivity contribution in [2.45, 2.75) is 6.54 Å². The van der Waals surface area contributed by atoms with E-state index in [-0.39, 0.29) is 5.56 Å². The van der Waals surface area contributed by atoms with E-state index in [1.807, 2.05) is 36.2 Å². The van der Waals surface area contributed by atoms with Crippen molar-refractivity contribution in [3.05, 3.63) is 58.2 Å². The molecule has 0 bridgehead atoms. The first kappa shape index (κ1) is 23.4. The van der Waals surface area contributed by atoms with Crippen LogP contribution in [0, 0.1) is 0 Å². The summed E-state index contributed by atoms with van der Waals surface area (Å²) in [5.74, 6) is 1.35. The van der Waals surface area contributed by atoms with Crippen molar-refractivity contribution in [2.75, 3.05) is 43.2 Å². The van der Waals surface area contributed by atoms with Gasteiger partial charge in [-0.05, 0) is 30.3 Å². The van der Waals surface area contributed by atoms with E-state index in [1.165, 1.54) is 12.4 Å². The molecule has 35 heavy (non-hydrogen) atoms. The zero-order chi connectivity index (χ0) is 24.4. The Kier molecular flexibility index (Phi) is 6.73. The molecule has 12 heteroatoms. The number of anilines is 2. The molecule has 4 heterocycles. The van der Waals surface area contributed by atoms with Crippen molar-refractivity contribution in [3.63, 3.8) is 0 Å². The molecule has 4 aromatic rings. The highest BCUT2D eigenvalue weighted by Crippen LogP contribution is 2.35. The van der Waals surface area contributed by atoms with E-state index in [0.717, 1.165) is 39.6 Å². The number of hydrogen-bond acceptors (Lipinski definition) is 10. The number of morpholine rings is 1. The lowest BCUT2D eigenvalue weighted by atomic mass is 10.2.